The van der Waals surface area contributed by atoms with E-state index in [0.29, 0.717) is 28.6 Å². The molecule has 1 atom stereocenters. The number of nitrogens with zero attached hydrogens (tertiary/aromatic N) is 1. The highest BCUT2D eigenvalue weighted by Gasteiger charge is 2.11. The molecule has 0 fully saturated rings. The molecule has 1 aromatic heterocycles. The van der Waals surface area contributed by atoms with Crippen LogP contribution >= 0.6 is 22.9 Å². The molecule has 5 nitrogen and oxygen atoms in total. The van der Waals surface area contributed by atoms with Crippen molar-refractivity contribution in [2.45, 2.75) is 39.2 Å². The summed E-state index contributed by atoms with van der Waals surface area (Å²) in [6, 6.07) is 6.83. The largest absolute Gasteiger partial charge is 0.354 e. The van der Waals surface area contributed by atoms with Crippen LogP contribution in [0.1, 0.15) is 42.7 Å². The Bertz CT molecular complexity index is 700. The first-order chi connectivity index (χ1) is 11.5. The minimum absolute atomic E-state index is 0.0177. The number of aryl methyl sites for hydroxylation is 1. The van der Waals surface area contributed by atoms with Crippen molar-refractivity contribution in [3.63, 3.8) is 0 Å². The molecule has 24 heavy (non-hydrogen) atoms. The average molecular weight is 366 g/mol. The number of halogens is 1. The SMILES string of the molecule is CCC(C)NC(=O)CCc1csc(NC(=O)c2ccc(Cl)cc2)n1. The summed E-state index contributed by atoms with van der Waals surface area (Å²) in [7, 11) is 0. The van der Waals surface area contributed by atoms with Crippen molar-refractivity contribution < 1.29 is 9.59 Å². The number of hydrogen-bond acceptors (Lipinski definition) is 4. The molecular formula is C17H20ClN3O2S. The fourth-order valence-corrected chi connectivity index (χ4v) is 2.81. The molecular weight excluding hydrogens is 346 g/mol. The van der Waals surface area contributed by atoms with Gasteiger partial charge >= 0.3 is 0 Å². The second-order valence-electron chi connectivity index (χ2n) is 5.48. The van der Waals surface area contributed by atoms with Gasteiger partial charge in [-0.3, -0.25) is 14.9 Å². The van der Waals surface area contributed by atoms with Crippen LogP contribution in [0.15, 0.2) is 29.6 Å². The van der Waals surface area contributed by atoms with E-state index in [0.717, 1.165) is 12.1 Å². The Morgan fingerprint density at radius 3 is 2.67 bits per heavy atom. The number of carbonyl (C=O) groups excluding carboxylic acids is 2. The minimum atomic E-state index is -0.234. The van der Waals surface area contributed by atoms with Crippen LogP contribution in [0.2, 0.25) is 5.02 Å². The van der Waals surface area contributed by atoms with Crippen molar-refractivity contribution in [2.75, 3.05) is 5.32 Å². The number of rotatable bonds is 7. The number of thiazole rings is 1. The van der Waals surface area contributed by atoms with E-state index in [1.165, 1.54) is 11.3 Å². The third kappa shape index (κ3) is 5.62. The lowest BCUT2D eigenvalue weighted by molar-refractivity contribution is -0.121. The summed E-state index contributed by atoms with van der Waals surface area (Å²) in [6.07, 6.45) is 1.84. The average Bonchev–Trinajstić information content (AvgIpc) is 3.00. The smallest absolute Gasteiger partial charge is 0.257 e. The molecule has 0 aliphatic carbocycles. The lowest BCUT2D eigenvalue weighted by Crippen LogP contribution is -2.32. The Hall–Kier alpha value is -1.92. The van der Waals surface area contributed by atoms with E-state index >= 15 is 0 Å². The molecule has 0 bridgehead atoms. The summed E-state index contributed by atoms with van der Waals surface area (Å²) in [5.74, 6) is -0.216. The number of amides is 2. The van der Waals surface area contributed by atoms with Crippen molar-refractivity contribution >= 4 is 39.9 Å². The van der Waals surface area contributed by atoms with Crippen LogP contribution in [-0.2, 0) is 11.2 Å². The second kappa shape index (κ2) is 8.80. The standard InChI is InChI=1S/C17H20ClN3O2S/c1-3-11(2)19-15(22)9-8-14-10-24-17(20-14)21-16(23)12-4-6-13(18)7-5-12/h4-7,10-11H,3,8-9H2,1-2H3,(H,19,22)(H,20,21,23). The Labute approximate surface area is 150 Å². The van der Waals surface area contributed by atoms with E-state index in [9.17, 15) is 9.59 Å². The minimum Gasteiger partial charge on any atom is -0.354 e. The molecule has 0 spiro atoms. The first-order valence-electron chi connectivity index (χ1n) is 7.78. The topological polar surface area (TPSA) is 71.1 Å². The summed E-state index contributed by atoms with van der Waals surface area (Å²) in [5.41, 5.74) is 1.31. The van der Waals surface area contributed by atoms with Gasteiger partial charge in [0, 0.05) is 28.4 Å². The van der Waals surface area contributed by atoms with E-state index < -0.39 is 0 Å². The van der Waals surface area contributed by atoms with Crippen LogP contribution < -0.4 is 10.6 Å². The summed E-state index contributed by atoms with van der Waals surface area (Å²) in [6.45, 7) is 4.01. The predicted octanol–water partition coefficient (Wildman–Crippen LogP) is 3.90. The highest BCUT2D eigenvalue weighted by Crippen LogP contribution is 2.18. The zero-order valence-electron chi connectivity index (χ0n) is 13.6. The Kier molecular flexibility index (Phi) is 6.75. The predicted molar refractivity (Wildman–Crippen MR) is 97.7 cm³/mol. The number of aromatic nitrogens is 1. The number of hydrogen-bond donors (Lipinski definition) is 2. The molecule has 0 saturated heterocycles. The molecule has 1 unspecified atom stereocenters. The molecule has 2 rings (SSSR count). The van der Waals surface area contributed by atoms with Gasteiger partial charge in [0.05, 0.1) is 5.69 Å². The third-order valence-corrected chi connectivity index (χ3v) is 4.57. The van der Waals surface area contributed by atoms with Gasteiger partial charge in [0.25, 0.3) is 5.91 Å². The van der Waals surface area contributed by atoms with Crippen molar-refractivity contribution in [1.29, 1.82) is 0 Å². The molecule has 2 N–H and O–H groups in total. The van der Waals surface area contributed by atoms with E-state index in [2.05, 4.69) is 15.6 Å². The highest BCUT2D eigenvalue weighted by molar-refractivity contribution is 7.14. The monoisotopic (exact) mass is 365 g/mol. The molecule has 2 amide bonds. The summed E-state index contributed by atoms with van der Waals surface area (Å²) in [5, 5.41) is 8.63. The molecule has 1 heterocycles. The fraction of sp³-hybridized carbons (Fsp3) is 0.353. The molecule has 2 aromatic rings. The molecule has 0 aliphatic heterocycles. The summed E-state index contributed by atoms with van der Waals surface area (Å²) in [4.78, 5) is 28.2. The molecule has 1 aromatic carbocycles. The molecule has 0 radical (unpaired) electrons. The number of nitrogens with one attached hydrogen (secondary N) is 2. The van der Waals surface area contributed by atoms with Crippen LogP contribution in [0.25, 0.3) is 0 Å². The molecule has 7 heteroatoms. The third-order valence-electron chi connectivity index (χ3n) is 3.51. The van der Waals surface area contributed by atoms with Crippen LogP contribution in [0.3, 0.4) is 0 Å². The fourth-order valence-electron chi connectivity index (χ4n) is 1.94. The first kappa shape index (κ1) is 18.4. The van der Waals surface area contributed by atoms with Crippen molar-refractivity contribution in [3.05, 3.63) is 45.9 Å². The quantitative estimate of drug-likeness (QED) is 0.781. The van der Waals surface area contributed by atoms with Gasteiger partial charge in [-0.2, -0.15) is 0 Å². The molecule has 128 valence electrons. The van der Waals surface area contributed by atoms with Crippen molar-refractivity contribution in [3.8, 4) is 0 Å². The highest BCUT2D eigenvalue weighted by atomic mass is 35.5. The van der Waals surface area contributed by atoms with Gasteiger partial charge in [0.2, 0.25) is 5.91 Å². The van der Waals surface area contributed by atoms with E-state index in [1.54, 1.807) is 24.3 Å². The van der Waals surface area contributed by atoms with Gasteiger partial charge < -0.3 is 5.32 Å². The lowest BCUT2D eigenvalue weighted by atomic mass is 10.2. The zero-order valence-corrected chi connectivity index (χ0v) is 15.2. The molecule has 0 aliphatic rings. The summed E-state index contributed by atoms with van der Waals surface area (Å²) >= 11 is 7.15. The Morgan fingerprint density at radius 2 is 2.00 bits per heavy atom. The van der Waals surface area contributed by atoms with Crippen LogP contribution in [0, 0.1) is 0 Å². The maximum Gasteiger partial charge on any atom is 0.257 e. The van der Waals surface area contributed by atoms with Gasteiger partial charge in [-0.15, -0.1) is 11.3 Å². The van der Waals surface area contributed by atoms with Crippen molar-refractivity contribution in [1.82, 2.24) is 10.3 Å². The Balaban J connectivity index is 1.85. The zero-order chi connectivity index (χ0) is 17.5. The summed E-state index contributed by atoms with van der Waals surface area (Å²) < 4.78 is 0. The van der Waals surface area contributed by atoms with Crippen LogP contribution in [0.5, 0.6) is 0 Å². The van der Waals surface area contributed by atoms with Gasteiger partial charge in [-0.1, -0.05) is 18.5 Å². The molecule has 0 saturated carbocycles. The maximum atomic E-state index is 12.1. The van der Waals surface area contributed by atoms with Gasteiger partial charge in [0.1, 0.15) is 0 Å². The first-order valence-corrected chi connectivity index (χ1v) is 9.04. The van der Waals surface area contributed by atoms with Crippen LogP contribution in [-0.4, -0.2) is 22.8 Å². The normalized spacial score (nSPS) is 11.8. The lowest BCUT2D eigenvalue weighted by Gasteiger charge is -2.10. The maximum absolute atomic E-state index is 12.1. The van der Waals surface area contributed by atoms with E-state index in [4.69, 9.17) is 11.6 Å². The van der Waals surface area contributed by atoms with E-state index in [-0.39, 0.29) is 17.9 Å². The van der Waals surface area contributed by atoms with Gasteiger partial charge in [0.15, 0.2) is 5.13 Å². The number of benzene rings is 1. The van der Waals surface area contributed by atoms with Crippen molar-refractivity contribution in [2.24, 2.45) is 0 Å². The van der Waals surface area contributed by atoms with Gasteiger partial charge in [-0.05, 0) is 44.0 Å². The van der Waals surface area contributed by atoms with Gasteiger partial charge in [-0.25, -0.2) is 4.98 Å². The Morgan fingerprint density at radius 1 is 1.29 bits per heavy atom. The van der Waals surface area contributed by atoms with E-state index in [1.807, 2.05) is 19.2 Å². The second-order valence-corrected chi connectivity index (χ2v) is 6.78. The number of carbonyl (C=O) groups is 2. The van der Waals surface area contributed by atoms with Crippen LogP contribution in [0.4, 0.5) is 5.13 Å². The number of anilines is 1.